The first-order valence-corrected chi connectivity index (χ1v) is 13.3. The molecule has 1 amide bonds. The number of unbranched alkanes of at least 4 members (excludes halogenated alkanes) is 7. The number of amides is 1. The molecule has 0 bridgehead atoms. The molecule has 3 unspecified atom stereocenters. The van der Waals surface area contributed by atoms with Gasteiger partial charge in [-0.15, -0.1) is 0 Å². The molecule has 0 aromatic carbocycles. The van der Waals surface area contributed by atoms with Crippen LogP contribution in [-0.4, -0.2) is 68.5 Å². The van der Waals surface area contributed by atoms with E-state index >= 15 is 0 Å². The van der Waals surface area contributed by atoms with E-state index < -0.39 is 20.0 Å². The second-order valence-electron chi connectivity index (χ2n) is 9.35. The summed E-state index contributed by atoms with van der Waals surface area (Å²) < 4.78 is 22.6. The van der Waals surface area contributed by atoms with E-state index in [0.29, 0.717) is 23.9 Å². The van der Waals surface area contributed by atoms with Crippen molar-refractivity contribution in [1.29, 1.82) is 0 Å². The molecule has 31 heavy (non-hydrogen) atoms. The van der Waals surface area contributed by atoms with Gasteiger partial charge in [0.15, 0.2) is 0 Å². The lowest BCUT2D eigenvalue weighted by Crippen LogP contribution is -2.46. The van der Waals surface area contributed by atoms with Crippen LogP contribution in [0.4, 0.5) is 0 Å². The Bertz CT molecular complexity index is 513. The molecule has 0 rings (SSSR count). The zero-order chi connectivity index (χ0) is 23.8. The van der Waals surface area contributed by atoms with E-state index in [1.54, 1.807) is 0 Å². The van der Waals surface area contributed by atoms with E-state index in [1.807, 2.05) is 21.1 Å². The van der Waals surface area contributed by atoms with Crippen LogP contribution in [0.3, 0.4) is 0 Å². The molecule has 0 aliphatic carbocycles. The van der Waals surface area contributed by atoms with Crippen molar-refractivity contribution in [3.8, 4) is 0 Å². The number of carbonyl (C=O) groups excluding carboxylic acids is 1. The predicted octanol–water partition coefficient (Wildman–Crippen LogP) is 3.37. The Balaban J connectivity index is 4.61. The van der Waals surface area contributed by atoms with Crippen molar-refractivity contribution in [2.75, 3.05) is 40.9 Å². The maximum Gasteiger partial charge on any atom is 0.268 e. The molecule has 8 nitrogen and oxygen atoms in total. The molecule has 9 heteroatoms. The number of carbonyl (C=O) groups is 1. The number of aliphatic hydroxyl groups excluding tert-OH is 1. The van der Waals surface area contributed by atoms with Crippen LogP contribution in [-0.2, 0) is 18.4 Å². The Morgan fingerprint density at radius 2 is 1.58 bits per heavy atom. The number of rotatable bonds is 20. The fourth-order valence-corrected chi connectivity index (χ4v) is 3.76. The first kappa shape index (κ1) is 30.5. The van der Waals surface area contributed by atoms with Gasteiger partial charge in [0, 0.05) is 6.42 Å². The van der Waals surface area contributed by atoms with E-state index in [0.717, 1.165) is 38.5 Å². The maximum atomic E-state index is 12.3. The first-order chi connectivity index (χ1) is 14.5. The lowest BCUT2D eigenvalue weighted by molar-refractivity contribution is -0.870. The van der Waals surface area contributed by atoms with Gasteiger partial charge in [0.1, 0.15) is 13.2 Å². The Labute approximate surface area is 189 Å². The van der Waals surface area contributed by atoms with Crippen LogP contribution >= 0.6 is 7.82 Å². The highest BCUT2D eigenvalue weighted by Crippen LogP contribution is 2.38. The quantitative estimate of drug-likeness (QED) is 0.162. The number of phosphoric acid groups is 1. The van der Waals surface area contributed by atoms with E-state index in [1.165, 1.54) is 19.3 Å². The molecule has 3 atom stereocenters. The second-order valence-corrected chi connectivity index (χ2v) is 10.8. The first-order valence-electron chi connectivity index (χ1n) is 11.9. The summed E-state index contributed by atoms with van der Waals surface area (Å²) in [7, 11) is 1.29. The molecule has 0 aliphatic rings. The maximum absolute atomic E-state index is 12.3. The van der Waals surface area contributed by atoms with Gasteiger partial charge in [-0.25, -0.2) is 0 Å². The van der Waals surface area contributed by atoms with Gasteiger partial charge in [-0.3, -0.25) is 9.36 Å². The number of hydrogen-bond donors (Lipinski definition) is 2. The number of aliphatic hydroxyl groups is 1. The van der Waals surface area contributed by atoms with E-state index in [9.17, 15) is 19.4 Å². The van der Waals surface area contributed by atoms with Gasteiger partial charge in [0.25, 0.3) is 7.82 Å². The summed E-state index contributed by atoms with van der Waals surface area (Å²) >= 11 is 0. The number of nitrogens with zero attached hydrogens (tertiary/aromatic N) is 1. The van der Waals surface area contributed by atoms with Gasteiger partial charge in [-0.05, 0) is 12.8 Å². The van der Waals surface area contributed by atoms with Crippen molar-refractivity contribution in [3.05, 3.63) is 0 Å². The Hall–Kier alpha value is -0.500. The van der Waals surface area contributed by atoms with Crippen molar-refractivity contribution in [2.24, 2.45) is 0 Å². The number of phosphoric ester groups is 1. The molecule has 0 saturated heterocycles. The zero-order valence-corrected chi connectivity index (χ0v) is 21.3. The van der Waals surface area contributed by atoms with Gasteiger partial charge in [-0.2, -0.15) is 0 Å². The zero-order valence-electron chi connectivity index (χ0n) is 20.4. The molecule has 0 spiro atoms. The van der Waals surface area contributed by atoms with E-state index in [-0.39, 0.29) is 19.1 Å². The third-order valence-corrected chi connectivity index (χ3v) is 6.06. The highest BCUT2D eigenvalue weighted by atomic mass is 31.2. The summed E-state index contributed by atoms with van der Waals surface area (Å²) in [4.78, 5) is 24.4. The molecule has 0 aromatic rings. The van der Waals surface area contributed by atoms with Crippen LogP contribution in [0, 0.1) is 0 Å². The molecular weight excluding hydrogens is 419 g/mol. The van der Waals surface area contributed by atoms with Crippen LogP contribution in [0.5, 0.6) is 0 Å². The molecule has 0 saturated carbocycles. The van der Waals surface area contributed by atoms with E-state index in [2.05, 4.69) is 19.2 Å². The van der Waals surface area contributed by atoms with Crippen LogP contribution < -0.4 is 10.2 Å². The topological polar surface area (TPSA) is 108 Å². The lowest BCUT2D eigenvalue weighted by atomic mass is 10.0. The van der Waals surface area contributed by atoms with E-state index in [4.69, 9.17) is 9.05 Å². The number of likely N-dealkylation sites (N-methyl/N-ethyl adjacent to an activating group) is 1. The minimum Gasteiger partial charge on any atom is -0.756 e. The Morgan fingerprint density at radius 3 is 2.19 bits per heavy atom. The van der Waals surface area contributed by atoms with Crippen molar-refractivity contribution in [1.82, 2.24) is 5.32 Å². The van der Waals surface area contributed by atoms with Crippen molar-refractivity contribution in [2.45, 2.75) is 96.6 Å². The van der Waals surface area contributed by atoms with Gasteiger partial charge < -0.3 is 28.8 Å². The van der Waals surface area contributed by atoms with Gasteiger partial charge >= 0.3 is 0 Å². The highest BCUT2D eigenvalue weighted by Gasteiger charge is 2.24. The van der Waals surface area contributed by atoms with Crippen LogP contribution in [0.2, 0.25) is 0 Å². The summed E-state index contributed by atoms with van der Waals surface area (Å²) in [5.74, 6) is -0.190. The standard InChI is InChI=1S/C22H47N2O6P/c1-6-8-10-11-12-14-16-22(26)23-20(21(25)15-13-9-7-2)19-30-31(27,28)29-18-17-24(3,4)5/h20-21,25H,6-19H2,1-5H3,(H-,23,26,27,28). The Kier molecular flexibility index (Phi) is 16.8. The van der Waals surface area contributed by atoms with Crippen molar-refractivity contribution in [3.63, 3.8) is 0 Å². The van der Waals surface area contributed by atoms with Gasteiger partial charge in [0.2, 0.25) is 5.91 Å². The minimum absolute atomic E-state index is 0.0123. The summed E-state index contributed by atoms with van der Waals surface area (Å²) in [6, 6.07) is -0.784. The fraction of sp³-hybridized carbons (Fsp3) is 0.955. The third-order valence-electron chi connectivity index (χ3n) is 5.10. The summed E-state index contributed by atoms with van der Waals surface area (Å²) in [6.45, 7) is 4.42. The summed E-state index contributed by atoms with van der Waals surface area (Å²) in [5, 5.41) is 13.3. The average Bonchev–Trinajstić information content (AvgIpc) is 2.66. The smallest absolute Gasteiger partial charge is 0.268 e. The highest BCUT2D eigenvalue weighted by molar-refractivity contribution is 7.45. The lowest BCUT2D eigenvalue weighted by Gasteiger charge is -2.30. The summed E-state index contributed by atoms with van der Waals surface area (Å²) in [5.41, 5.74) is 0. The molecule has 0 heterocycles. The molecule has 0 radical (unpaired) electrons. The number of nitrogens with one attached hydrogen (secondary N) is 1. The molecular formula is C22H47N2O6P. The third kappa shape index (κ3) is 18.7. The molecule has 0 fully saturated rings. The summed E-state index contributed by atoms with van der Waals surface area (Å²) in [6.07, 6.45) is 9.19. The van der Waals surface area contributed by atoms with Crippen molar-refractivity contribution < 1.29 is 32.9 Å². The van der Waals surface area contributed by atoms with Gasteiger partial charge in [-0.1, -0.05) is 65.2 Å². The van der Waals surface area contributed by atoms with Crippen LogP contribution in [0.25, 0.3) is 0 Å². The second kappa shape index (κ2) is 17.0. The fourth-order valence-electron chi connectivity index (χ4n) is 3.03. The van der Waals surface area contributed by atoms with Gasteiger partial charge in [0.05, 0.1) is 39.9 Å². The molecule has 0 aliphatic heterocycles. The van der Waals surface area contributed by atoms with Crippen LogP contribution in [0.15, 0.2) is 0 Å². The Morgan fingerprint density at radius 1 is 1.00 bits per heavy atom. The predicted molar refractivity (Wildman–Crippen MR) is 122 cm³/mol. The largest absolute Gasteiger partial charge is 0.756 e. The number of quaternary nitrogens is 1. The molecule has 186 valence electrons. The minimum atomic E-state index is -4.51. The molecule has 2 N–H and O–H groups in total. The normalized spacial score (nSPS) is 16.0. The molecule has 0 aromatic heterocycles. The average molecular weight is 467 g/mol. The van der Waals surface area contributed by atoms with Crippen LogP contribution in [0.1, 0.15) is 84.5 Å². The SMILES string of the molecule is CCCCCCCCC(=O)NC(COP(=O)([O-])OCC[N+](C)(C)C)C(O)CCCCC. The monoisotopic (exact) mass is 466 g/mol. The number of hydrogen-bond acceptors (Lipinski definition) is 6. The van der Waals surface area contributed by atoms with Crippen molar-refractivity contribution >= 4 is 13.7 Å².